The van der Waals surface area contributed by atoms with E-state index in [4.69, 9.17) is 0 Å². The van der Waals surface area contributed by atoms with Crippen LogP contribution in [-0.4, -0.2) is 6.29 Å². The molecular weight excluding hydrogens is 124 g/mol. The molecule has 0 aromatic rings. The van der Waals surface area contributed by atoms with Gasteiger partial charge in [-0.05, 0) is 30.8 Å². The Morgan fingerprint density at radius 1 is 1.50 bits per heavy atom. The van der Waals surface area contributed by atoms with E-state index in [0.29, 0.717) is 5.41 Å². The lowest BCUT2D eigenvalue weighted by Crippen LogP contribution is -2.24. The minimum atomic E-state index is 0.527. The normalized spacial score (nSPS) is 22.5. The number of hydrogen-bond donors (Lipinski definition) is 0. The summed E-state index contributed by atoms with van der Waals surface area (Å²) in [4.78, 5) is 9.91. The molecule has 1 rings (SSSR count). The van der Waals surface area contributed by atoms with Gasteiger partial charge < -0.3 is 0 Å². The Kier molecular flexibility index (Phi) is 2.25. The molecule has 1 fully saturated rings. The van der Waals surface area contributed by atoms with Gasteiger partial charge in [0.05, 0.1) is 0 Å². The van der Waals surface area contributed by atoms with Crippen molar-refractivity contribution in [2.24, 2.45) is 5.41 Å². The van der Waals surface area contributed by atoms with Gasteiger partial charge in [-0.25, -0.2) is 0 Å². The molecule has 0 spiro atoms. The zero-order valence-electron chi connectivity index (χ0n) is 6.47. The molecule has 1 saturated carbocycles. The molecule has 1 aliphatic rings. The fraction of sp³-hybridized carbons (Fsp3) is 0.667. The van der Waals surface area contributed by atoms with Gasteiger partial charge in [0.2, 0.25) is 0 Å². The summed E-state index contributed by atoms with van der Waals surface area (Å²) in [6.07, 6.45) is 9.53. The molecule has 1 aliphatic carbocycles. The Labute approximate surface area is 62.1 Å². The van der Waals surface area contributed by atoms with E-state index >= 15 is 0 Å². The van der Waals surface area contributed by atoms with Crippen LogP contribution in [0.25, 0.3) is 0 Å². The molecule has 0 N–H and O–H groups in total. The van der Waals surface area contributed by atoms with Crippen molar-refractivity contribution in [1.82, 2.24) is 0 Å². The van der Waals surface area contributed by atoms with Crippen molar-refractivity contribution in [3.8, 4) is 0 Å². The summed E-state index contributed by atoms with van der Waals surface area (Å²) in [7, 11) is 0. The standard InChI is InChI=1S/C9H14O/c1-9(6-4-7-9)5-2-3-8-10/h2-3,8H,4-7H2,1H3/b3-2+. The number of carbonyl (C=O) groups excluding carboxylic acids is 1. The van der Waals surface area contributed by atoms with Gasteiger partial charge in [0.25, 0.3) is 0 Å². The van der Waals surface area contributed by atoms with Gasteiger partial charge >= 0.3 is 0 Å². The Balaban J connectivity index is 2.23. The van der Waals surface area contributed by atoms with Crippen molar-refractivity contribution in [1.29, 1.82) is 0 Å². The van der Waals surface area contributed by atoms with Crippen LogP contribution in [0.4, 0.5) is 0 Å². The second-order valence-electron chi connectivity index (χ2n) is 3.43. The van der Waals surface area contributed by atoms with Crippen LogP contribution >= 0.6 is 0 Å². The molecule has 0 atom stereocenters. The van der Waals surface area contributed by atoms with Crippen LogP contribution in [0, 0.1) is 5.41 Å². The zero-order valence-corrected chi connectivity index (χ0v) is 6.47. The summed E-state index contributed by atoms with van der Waals surface area (Å²) >= 11 is 0. The van der Waals surface area contributed by atoms with E-state index in [2.05, 4.69) is 6.92 Å². The Morgan fingerprint density at radius 3 is 2.60 bits per heavy atom. The van der Waals surface area contributed by atoms with E-state index in [9.17, 15) is 4.79 Å². The highest BCUT2D eigenvalue weighted by molar-refractivity contribution is 5.64. The lowest BCUT2D eigenvalue weighted by Gasteiger charge is -2.37. The molecule has 1 heteroatoms. The summed E-state index contributed by atoms with van der Waals surface area (Å²) in [5, 5.41) is 0. The SMILES string of the molecule is CC1(C/C=C/C=O)CCC1. The quantitative estimate of drug-likeness (QED) is 0.432. The van der Waals surface area contributed by atoms with Crippen LogP contribution in [0.3, 0.4) is 0 Å². The van der Waals surface area contributed by atoms with Crippen molar-refractivity contribution in [3.63, 3.8) is 0 Å². The first kappa shape index (κ1) is 7.52. The van der Waals surface area contributed by atoms with E-state index in [1.807, 2.05) is 6.08 Å². The van der Waals surface area contributed by atoms with Gasteiger partial charge in [0.15, 0.2) is 0 Å². The van der Waals surface area contributed by atoms with Crippen LogP contribution in [0.1, 0.15) is 32.6 Å². The predicted molar refractivity (Wildman–Crippen MR) is 41.8 cm³/mol. The van der Waals surface area contributed by atoms with Crippen LogP contribution in [0.15, 0.2) is 12.2 Å². The molecule has 0 heterocycles. The van der Waals surface area contributed by atoms with Crippen molar-refractivity contribution in [3.05, 3.63) is 12.2 Å². The topological polar surface area (TPSA) is 17.1 Å². The molecule has 0 unspecified atom stereocenters. The molecule has 0 radical (unpaired) electrons. The third kappa shape index (κ3) is 1.69. The van der Waals surface area contributed by atoms with E-state index in [-0.39, 0.29) is 0 Å². The zero-order chi connectivity index (χ0) is 7.45. The second-order valence-corrected chi connectivity index (χ2v) is 3.43. The van der Waals surface area contributed by atoms with Gasteiger partial charge in [-0.15, -0.1) is 0 Å². The number of hydrogen-bond acceptors (Lipinski definition) is 1. The smallest absolute Gasteiger partial charge is 0.142 e. The Hall–Kier alpha value is -0.590. The highest BCUT2D eigenvalue weighted by atomic mass is 16.1. The second kappa shape index (κ2) is 3.00. The molecule has 0 saturated heterocycles. The maximum Gasteiger partial charge on any atom is 0.142 e. The fourth-order valence-electron chi connectivity index (χ4n) is 1.39. The number of allylic oxidation sites excluding steroid dienone is 2. The van der Waals surface area contributed by atoms with E-state index in [1.165, 1.54) is 19.3 Å². The summed E-state index contributed by atoms with van der Waals surface area (Å²) < 4.78 is 0. The van der Waals surface area contributed by atoms with Gasteiger partial charge in [0, 0.05) is 0 Å². The predicted octanol–water partition coefficient (Wildman–Crippen LogP) is 2.32. The lowest BCUT2D eigenvalue weighted by molar-refractivity contribution is -0.104. The van der Waals surface area contributed by atoms with Crippen molar-refractivity contribution in [2.75, 3.05) is 0 Å². The Morgan fingerprint density at radius 2 is 2.20 bits per heavy atom. The van der Waals surface area contributed by atoms with Gasteiger partial charge in [-0.2, -0.15) is 0 Å². The maximum atomic E-state index is 9.91. The largest absolute Gasteiger partial charge is 0.299 e. The van der Waals surface area contributed by atoms with Crippen LogP contribution in [-0.2, 0) is 4.79 Å². The van der Waals surface area contributed by atoms with Crippen molar-refractivity contribution in [2.45, 2.75) is 32.6 Å². The molecule has 0 aromatic heterocycles. The minimum Gasteiger partial charge on any atom is -0.299 e. The monoisotopic (exact) mass is 138 g/mol. The van der Waals surface area contributed by atoms with Gasteiger partial charge in [-0.1, -0.05) is 19.4 Å². The molecule has 0 bridgehead atoms. The molecule has 1 nitrogen and oxygen atoms in total. The third-order valence-corrected chi connectivity index (χ3v) is 2.39. The lowest BCUT2D eigenvalue weighted by atomic mass is 9.68. The first-order valence-corrected chi connectivity index (χ1v) is 3.87. The number of rotatable bonds is 3. The summed E-state index contributed by atoms with van der Waals surface area (Å²) in [5.41, 5.74) is 0.527. The summed E-state index contributed by atoms with van der Waals surface area (Å²) in [5.74, 6) is 0. The molecule has 56 valence electrons. The molecule has 0 amide bonds. The number of carbonyl (C=O) groups is 1. The van der Waals surface area contributed by atoms with E-state index < -0.39 is 0 Å². The maximum absolute atomic E-state index is 9.91. The van der Waals surface area contributed by atoms with Gasteiger partial charge in [-0.3, -0.25) is 4.79 Å². The molecule has 0 aromatic carbocycles. The molecule has 0 aliphatic heterocycles. The summed E-state index contributed by atoms with van der Waals surface area (Å²) in [6, 6.07) is 0. The average Bonchev–Trinajstić information content (AvgIpc) is 1.85. The Bertz CT molecular complexity index is 143. The van der Waals surface area contributed by atoms with Crippen molar-refractivity contribution < 1.29 is 4.79 Å². The summed E-state index contributed by atoms with van der Waals surface area (Å²) in [6.45, 7) is 2.28. The van der Waals surface area contributed by atoms with E-state index in [1.54, 1.807) is 6.08 Å². The molecular formula is C9H14O. The highest BCUT2D eigenvalue weighted by Crippen LogP contribution is 2.43. The van der Waals surface area contributed by atoms with E-state index in [0.717, 1.165) is 12.7 Å². The van der Waals surface area contributed by atoms with Crippen LogP contribution in [0.5, 0.6) is 0 Å². The third-order valence-electron chi connectivity index (χ3n) is 2.39. The van der Waals surface area contributed by atoms with Crippen molar-refractivity contribution >= 4 is 6.29 Å². The minimum absolute atomic E-state index is 0.527. The average molecular weight is 138 g/mol. The first-order valence-electron chi connectivity index (χ1n) is 3.87. The fourth-order valence-corrected chi connectivity index (χ4v) is 1.39. The van der Waals surface area contributed by atoms with Crippen LogP contribution in [0.2, 0.25) is 0 Å². The van der Waals surface area contributed by atoms with Crippen LogP contribution < -0.4 is 0 Å². The highest BCUT2D eigenvalue weighted by Gasteiger charge is 2.29. The molecule has 10 heavy (non-hydrogen) atoms. The first-order chi connectivity index (χ1) is 4.77. The number of aldehydes is 1. The van der Waals surface area contributed by atoms with Gasteiger partial charge in [0.1, 0.15) is 6.29 Å².